The maximum Gasteiger partial charge on any atom is 0.265 e. The smallest absolute Gasteiger partial charge is 0.251 e. The predicted octanol–water partition coefficient (Wildman–Crippen LogP) is 6.60. The van der Waals surface area contributed by atoms with E-state index in [1.54, 1.807) is 42.5 Å². The molecule has 0 saturated carbocycles. The van der Waals surface area contributed by atoms with Crippen molar-refractivity contribution in [3.63, 3.8) is 0 Å². The van der Waals surface area contributed by atoms with Crippen LogP contribution in [0, 0.1) is 0 Å². The fraction of sp³-hybridized carbons (Fsp3) is 0.0476. The third kappa shape index (κ3) is 3.63. The standard InChI is InChI=1S/C21H15Cl2NO2S2/c22-16-12-10-15(11-13-16)14-24(28(25,26)17-6-2-1-3-7-17)21-20(23)18-8-4-5-9-19(18)27-21/h1-13H,14H2. The molecular weight excluding hydrogens is 433 g/mol. The number of sulfonamides is 1. The minimum Gasteiger partial charge on any atom is -0.251 e. The molecule has 4 rings (SSSR count). The normalized spacial score (nSPS) is 11.6. The highest BCUT2D eigenvalue weighted by Crippen LogP contribution is 2.44. The Kier molecular flexibility index (Phi) is 5.34. The first kappa shape index (κ1) is 19.3. The van der Waals surface area contributed by atoms with Crippen molar-refractivity contribution in [3.05, 3.63) is 94.5 Å². The lowest BCUT2D eigenvalue weighted by Crippen LogP contribution is -2.30. The highest BCUT2D eigenvalue weighted by Gasteiger charge is 2.29. The molecule has 0 aliphatic rings. The van der Waals surface area contributed by atoms with Crippen LogP contribution in [0.4, 0.5) is 5.00 Å². The van der Waals surface area contributed by atoms with E-state index in [1.165, 1.54) is 15.6 Å². The van der Waals surface area contributed by atoms with E-state index in [0.717, 1.165) is 15.6 Å². The largest absolute Gasteiger partial charge is 0.265 e. The van der Waals surface area contributed by atoms with Gasteiger partial charge in [0.15, 0.2) is 0 Å². The number of nitrogens with zero attached hydrogens (tertiary/aromatic N) is 1. The van der Waals surface area contributed by atoms with Gasteiger partial charge in [-0.1, -0.05) is 71.7 Å². The predicted molar refractivity (Wildman–Crippen MR) is 118 cm³/mol. The molecule has 3 aromatic carbocycles. The second kappa shape index (κ2) is 7.76. The number of benzene rings is 3. The number of thiophene rings is 1. The minimum absolute atomic E-state index is 0.154. The number of rotatable bonds is 5. The Morgan fingerprint density at radius 1 is 0.821 bits per heavy atom. The molecule has 0 bridgehead atoms. The highest BCUT2D eigenvalue weighted by molar-refractivity contribution is 7.93. The molecule has 0 atom stereocenters. The van der Waals surface area contributed by atoms with Gasteiger partial charge in [-0.25, -0.2) is 8.42 Å². The Labute approximate surface area is 177 Å². The van der Waals surface area contributed by atoms with Crippen LogP contribution in [0.1, 0.15) is 5.56 Å². The SMILES string of the molecule is O=S(=O)(c1ccccc1)N(Cc1ccc(Cl)cc1)c1sc2ccccc2c1Cl. The van der Waals surface area contributed by atoms with Gasteiger partial charge in [0.2, 0.25) is 0 Å². The van der Waals surface area contributed by atoms with Crippen LogP contribution in [0.3, 0.4) is 0 Å². The van der Waals surface area contributed by atoms with Crippen LogP contribution in [0.2, 0.25) is 10.0 Å². The first-order chi connectivity index (χ1) is 13.5. The van der Waals surface area contributed by atoms with Crippen LogP contribution < -0.4 is 4.31 Å². The first-order valence-electron chi connectivity index (χ1n) is 8.46. The van der Waals surface area contributed by atoms with E-state index >= 15 is 0 Å². The first-order valence-corrected chi connectivity index (χ1v) is 11.5. The Hall–Kier alpha value is -2.05. The fourth-order valence-electron chi connectivity index (χ4n) is 2.90. The molecule has 1 aromatic heterocycles. The van der Waals surface area contributed by atoms with Crippen molar-refractivity contribution < 1.29 is 8.42 Å². The van der Waals surface area contributed by atoms with Crippen molar-refractivity contribution in [2.45, 2.75) is 11.4 Å². The van der Waals surface area contributed by atoms with Gasteiger partial charge in [-0.05, 0) is 35.9 Å². The molecule has 28 heavy (non-hydrogen) atoms. The molecule has 4 aromatic rings. The van der Waals surface area contributed by atoms with Gasteiger partial charge in [-0.15, -0.1) is 11.3 Å². The monoisotopic (exact) mass is 447 g/mol. The summed E-state index contributed by atoms with van der Waals surface area (Å²) < 4.78 is 29.3. The lowest BCUT2D eigenvalue weighted by Gasteiger charge is -2.23. The average Bonchev–Trinajstić information content (AvgIpc) is 3.04. The Morgan fingerprint density at radius 2 is 1.46 bits per heavy atom. The van der Waals surface area contributed by atoms with E-state index in [0.29, 0.717) is 15.0 Å². The average molecular weight is 448 g/mol. The number of hydrogen-bond donors (Lipinski definition) is 0. The van der Waals surface area contributed by atoms with E-state index in [1.807, 2.05) is 36.4 Å². The van der Waals surface area contributed by atoms with Crippen LogP contribution in [-0.4, -0.2) is 8.42 Å². The molecular formula is C21H15Cl2NO2S2. The summed E-state index contributed by atoms with van der Waals surface area (Å²) in [6, 6.07) is 23.1. The van der Waals surface area contributed by atoms with Gasteiger partial charge in [0.05, 0.1) is 16.5 Å². The summed E-state index contributed by atoms with van der Waals surface area (Å²) in [5.74, 6) is 0. The molecule has 0 unspecified atom stereocenters. The van der Waals surface area contributed by atoms with E-state index < -0.39 is 10.0 Å². The summed E-state index contributed by atoms with van der Waals surface area (Å²) in [5, 5.41) is 2.38. The number of fused-ring (bicyclic) bond motifs is 1. The maximum atomic E-state index is 13.5. The van der Waals surface area contributed by atoms with Crippen molar-refractivity contribution in [1.82, 2.24) is 0 Å². The summed E-state index contributed by atoms with van der Waals surface area (Å²) in [5.41, 5.74) is 0.817. The minimum atomic E-state index is -3.81. The maximum absolute atomic E-state index is 13.5. The molecule has 3 nitrogen and oxygen atoms in total. The van der Waals surface area contributed by atoms with Gasteiger partial charge in [0.1, 0.15) is 5.00 Å². The van der Waals surface area contributed by atoms with Gasteiger partial charge in [-0.3, -0.25) is 4.31 Å². The van der Waals surface area contributed by atoms with E-state index in [9.17, 15) is 8.42 Å². The van der Waals surface area contributed by atoms with E-state index in [2.05, 4.69) is 0 Å². The summed E-state index contributed by atoms with van der Waals surface area (Å²) in [6.07, 6.45) is 0. The van der Waals surface area contributed by atoms with Crippen LogP contribution in [0.15, 0.2) is 83.8 Å². The fourth-order valence-corrected chi connectivity index (χ4v) is 6.31. The van der Waals surface area contributed by atoms with Crippen molar-refractivity contribution in [2.24, 2.45) is 0 Å². The molecule has 0 spiro atoms. The van der Waals surface area contributed by atoms with Crippen LogP contribution in [-0.2, 0) is 16.6 Å². The van der Waals surface area contributed by atoms with E-state index in [-0.39, 0.29) is 11.4 Å². The zero-order valence-electron chi connectivity index (χ0n) is 14.5. The van der Waals surface area contributed by atoms with Gasteiger partial charge >= 0.3 is 0 Å². The third-order valence-electron chi connectivity index (χ3n) is 4.32. The van der Waals surface area contributed by atoms with Crippen LogP contribution in [0.25, 0.3) is 10.1 Å². The highest BCUT2D eigenvalue weighted by atomic mass is 35.5. The van der Waals surface area contributed by atoms with E-state index in [4.69, 9.17) is 23.2 Å². The molecule has 0 amide bonds. The summed E-state index contributed by atoms with van der Waals surface area (Å²) in [4.78, 5) is 0.220. The second-order valence-corrected chi connectivity index (χ2v) is 9.88. The molecule has 0 aliphatic heterocycles. The Bertz CT molecular complexity index is 1220. The lowest BCUT2D eigenvalue weighted by atomic mass is 10.2. The zero-order valence-corrected chi connectivity index (χ0v) is 17.7. The van der Waals surface area contributed by atoms with Gasteiger partial charge in [0.25, 0.3) is 10.0 Å². The Balaban J connectivity index is 1.88. The molecule has 7 heteroatoms. The molecule has 0 aliphatic carbocycles. The zero-order chi connectivity index (χ0) is 19.7. The van der Waals surface area contributed by atoms with Crippen molar-refractivity contribution in [1.29, 1.82) is 0 Å². The number of halogens is 2. The molecule has 0 N–H and O–H groups in total. The molecule has 1 heterocycles. The summed E-state index contributed by atoms with van der Waals surface area (Å²) in [6.45, 7) is 0.154. The summed E-state index contributed by atoms with van der Waals surface area (Å²) >= 11 is 14.0. The van der Waals surface area contributed by atoms with Gasteiger partial charge < -0.3 is 0 Å². The summed E-state index contributed by atoms with van der Waals surface area (Å²) in [7, 11) is -3.81. The van der Waals surface area contributed by atoms with Crippen molar-refractivity contribution in [3.8, 4) is 0 Å². The topological polar surface area (TPSA) is 37.4 Å². The Morgan fingerprint density at radius 3 is 2.14 bits per heavy atom. The molecule has 142 valence electrons. The molecule has 0 saturated heterocycles. The second-order valence-electron chi connectivity index (χ2n) is 6.17. The van der Waals surface area contributed by atoms with Crippen LogP contribution in [0.5, 0.6) is 0 Å². The van der Waals surface area contributed by atoms with Gasteiger partial charge in [-0.2, -0.15) is 0 Å². The number of hydrogen-bond acceptors (Lipinski definition) is 3. The lowest BCUT2D eigenvalue weighted by molar-refractivity contribution is 0.591. The van der Waals surface area contributed by atoms with Crippen molar-refractivity contribution >= 4 is 59.6 Å². The molecule has 0 radical (unpaired) electrons. The third-order valence-corrected chi connectivity index (χ3v) is 8.13. The van der Waals surface area contributed by atoms with Crippen LogP contribution >= 0.6 is 34.5 Å². The number of anilines is 1. The molecule has 0 fully saturated rings. The van der Waals surface area contributed by atoms with Gasteiger partial charge in [0, 0.05) is 15.1 Å². The quantitative estimate of drug-likeness (QED) is 0.345. The van der Waals surface area contributed by atoms with Crippen molar-refractivity contribution in [2.75, 3.05) is 4.31 Å².